The maximum absolute atomic E-state index is 13.4. The molecule has 14 heteroatoms. The molecule has 1 fully saturated rings. The highest BCUT2D eigenvalue weighted by atomic mass is 31.2. The molecule has 4 rings (SSSR count). The Labute approximate surface area is 200 Å². The van der Waals surface area contributed by atoms with Crippen LogP contribution in [0.25, 0.3) is 5.52 Å². The highest BCUT2D eigenvalue weighted by Gasteiger charge is 2.54. The molecular weight excluding hydrogens is 481 g/mol. The van der Waals surface area contributed by atoms with Crippen LogP contribution >= 0.6 is 7.75 Å². The van der Waals surface area contributed by atoms with Crippen LogP contribution in [-0.2, 0) is 24.2 Å². The van der Waals surface area contributed by atoms with E-state index in [4.69, 9.17) is 19.5 Å². The molecule has 6 atom stereocenters. The van der Waals surface area contributed by atoms with Gasteiger partial charge in [0, 0.05) is 0 Å². The van der Waals surface area contributed by atoms with Crippen molar-refractivity contribution in [2.24, 2.45) is 0 Å². The second-order valence-electron chi connectivity index (χ2n) is 8.25. The summed E-state index contributed by atoms with van der Waals surface area (Å²) in [6, 6.07) is 10.1. The first kappa shape index (κ1) is 25.0. The number of aliphatic carboxylic acids is 1. The zero-order valence-electron chi connectivity index (χ0n) is 18.9. The second-order valence-corrected chi connectivity index (χ2v) is 9.94. The first-order chi connectivity index (χ1) is 16.5. The number of nitrogen functional groups attached to an aromatic ring is 1. The van der Waals surface area contributed by atoms with Crippen LogP contribution in [0, 0.1) is 0 Å². The van der Waals surface area contributed by atoms with Gasteiger partial charge in [0.05, 0.1) is 12.3 Å². The first-order valence-corrected chi connectivity index (χ1v) is 12.2. The number of carboxylic acid groups (broad SMARTS) is 1. The van der Waals surface area contributed by atoms with E-state index in [1.54, 1.807) is 37.3 Å². The zero-order valence-corrected chi connectivity index (χ0v) is 19.8. The van der Waals surface area contributed by atoms with Crippen LogP contribution < -0.4 is 15.3 Å². The Bertz CT molecular complexity index is 1260. The number of hydrogen-bond donors (Lipinski definition) is 5. The zero-order chi connectivity index (χ0) is 25.4. The number of hydrogen-bond acceptors (Lipinski definition) is 10. The summed E-state index contributed by atoms with van der Waals surface area (Å²) in [7, 11) is -4.24. The summed E-state index contributed by atoms with van der Waals surface area (Å²) in [6.45, 7) is 2.35. The number of carboxylic acids is 1. The predicted molar refractivity (Wildman–Crippen MR) is 123 cm³/mol. The van der Waals surface area contributed by atoms with Gasteiger partial charge in [-0.1, -0.05) is 18.2 Å². The molecule has 3 heterocycles. The number of nitrogens with one attached hydrogen (secondary N) is 1. The minimum absolute atomic E-state index is 0.176. The van der Waals surface area contributed by atoms with Crippen molar-refractivity contribution in [1.82, 2.24) is 19.7 Å². The van der Waals surface area contributed by atoms with Crippen molar-refractivity contribution >= 4 is 25.1 Å². The van der Waals surface area contributed by atoms with Crippen molar-refractivity contribution in [2.45, 2.75) is 43.8 Å². The molecule has 0 bridgehead atoms. The maximum Gasteiger partial charge on any atom is 0.459 e. The van der Waals surface area contributed by atoms with Gasteiger partial charge in [0.15, 0.2) is 5.82 Å². The number of ether oxygens (including phenoxy) is 1. The molecule has 1 unspecified atom stereocenters. The van der Waals surface area contributed by atoms with Crippen LogP contribution in [0.1, 0.15) is 19.5 Å². The van der Waals surface area contributed by atoms with Crippen molar-refractivity contribution in [3.8, 4) is 5.75 Å². The topological polar surface area (TPSA) is 191 Å². The van der Waals surface area contributed by atoms with E-state index in [-0.39, 0.29) is 11.6 Å². The fraction of sp³-hybridized carbons (Fsp3) is 0.381. The normalized spacial score (nSPS) is 26.9. The summed E-state index contributed by atoms with van der Waals surface area (Å²) in [5, 5.41) is 37.3. The van der Waals surface area contributed by atoms with Gasteiger partial charge in [-0.2, -0.15) is 10.2 Å². The van der Waals surface area contributed by atoms with Crippen molar-refractivity contribution in [3.05, 3.63) is 54.5 Å². The van der Waals surface area contributed by atoms with Gasteiger partial charge in [0.2, 0.25) is 0 Å². The number of anilines is 1. The van der Waals surface area contributed by atoms with Crippen molar-refractivity contribution in [1.29, 1.82) is 0 Å². The van der Waals surface area contributed by atoms with Gasteiger partial charge in [-0.15, -0.1) is 0 Å². The number of aromatic nitrogens is 3. The number of para-hydroxylation sites is 1. The summed E-state index contributed by atoms with van der Waals surface area (Å²) in [5.41, 5.74) is 5.33. The molecule has 35 heavy (non-hydrogen) atoms. The Morgan fingerprint density at radius 3 is 2.71 bits per heavy atom. The Kier molecular flexibility index (Phi) is 6.82. The molecule has 1 aromatic carbocycles. The summed E-state index contributed by atoms with van der Waals surface area (Å²) in [4.78, 5) is 15.2. The smallest absolute Gasteiger partial charge is 0.459 e. The van der Waals surface area contributed by atoms with Gasteiger partial charge in [-0.05, 0) is 38.1 Å². The number of nitrogens with two attached hydrogens (primary N) is 1. The average Bonchev–Trinajstić information content (AvgIpc) is 3.35. The van der Waals surface area contributed by atoms with Crippen LogP contribution in [0.2, 0.25) is 0 Å². The van der Waals surface area contributed by atoms with E-state index >= 15 is 0 Å². The molecule has 1 aliphatic heterocycles. The Hall–Kier alpha value is -3.06. The van der Waals surface area contributed by atoms with E-state index in [9.17, 15) is 24.7 Å². The number of aliphatic hydroxyl groups is 2. The van der Waals surface area contributed by atoms with Crippen LogP contribution in [-0.4, -0.2) is 66.8 Å². The van der Waals surface area contributed by atoms with Crippen LogP contribution in [0.5, 0.6) is 5.75 Å². The van der Waals surface area contributed by atoms with E-state index in [2.05, 4.69) is 15.2 Å². The predicted octanol–water partition coefficient (Wildman–Crippen LogP) is 0.914. The quantitative estimate of drug-likeness (QED) is 0.258. The lowest BCUT2D eigenvalue weighted by molar-refractivity contribution is -0.138. The van der Waals surface area contributed by atoms with Gasteiger partial charge >= 0.3 is 13.7 Å². The highest BCUT2D eigenvalue weighted by Crippen LogP contribution is 2.47. The van der Waals surface area contributed by atoms with E-state index < -0.39 is 50.3 Å². The van der Waals surface area contributed by atoms with Crippen LogP contribution in [0.3, 0.4) is 0 Å². The first-order valence-electron chi connectivity index (χ1n) is 10.7. The Morgan fingerprint density at radius 2 is 2.03 bits per heavy atom. The summed E-state index contributed by atoms with van der Waals surface area (Å²) in [5.74, 6) is -0.872. The molecule has 0 saturated carbocycles. The van der Waals surface area contributed by atoms with Crippen LogP contribution in [0.4, 0.5) is 5.82 Å². The second kappa shape index (κ2) is 9.53. The minimum atomic E-state index is -4.24. The summed E-state index contributed by atoms with van der Waals surface area (Å²) < 4.78 is 31.8. The molecule has 1 saturated heterocycles. The third kappa shape index (κ3) is 4.87. The number of carbonyl (C=O) groups is 1. The lowest BCUT2D eigenvalue weighted by Crippen LogP contribution is -2.39. The van der Waals surface area contributed by atoms with Crippen molar-refractivity contribution in [2.75, 3.05) is 12.3 Å². The van der Waals surface area contributed by atoms with Crippen LogP contribution in [0.15, 0.2) is 48.8 Å². The van der Waals surface area contributed by atoms with Gasteiger partial charge in [-0.25, -0.2) is 14.1 Å². The molecule has 2 aromatic heterocycles. The van der Waals surface area contributed by atoms with E-state index in [0.717, 1.165) is 0 Å². The maximum atomic E-state index is 13.4. The van der Waals surface area contributed by atoms with E-state index in [0.29, 0.717) is 11.2 Å². The SMILES string of the molecule is C[C@H](NP(=O)(OC[C@H]1O[C@@](C)(c2ccc3c(N)ncnn23)[C@H](O)[C@@H]1O)Oc1ccccc1)C(=O)O. The third-order valence-corrected chi connectivity index (χ3v) is 7.40. The molecule has 0 aliphatic carbocycles. The number of benzene rings is 1. The minimum Gasteiger partial charge on any atom is -0.480 e. The molecule has 0 amide bonds. The molecule has 0 spiro atoms. The molecule has 188 valence electrons. The van der Waals surface area contributed by atoms with E-state index in [1.807, 2.05) is 0 Å². The van der Waals surface area contributed by atoms with Gasteiger partial charge < -0.3 is 30.3 Å². The molecule has 3 aromatic rings. The summed E-state index contributed by atoms with van der Waals surface area (Å²) >= 11 is 0. The average molecular weight is 507 g/mol. The largest absolute Gasteiger partial charge is 0.480 e. The number of fused-ring (bicyclic) bond motifs is 1. The third-order valence-electron chi connectivity index (χ3n) is 5.76. The van der Waals surface area contributed by atoms with Gasteiger partial charge in [0.1, 0.15) is 47.5 Å². The fourth-order valence-electron chi connectivity index (χ4n) is 3.83. The molecule has 1 aliphatic rings. The molecule has 6 N–H and O–H groups in total. The lowest BCUT2D eigenvalue weighted by atomic mass is 9.93. The fourth-order valence-corrected chi connectivity index (χ4v) is 5.34. The number of aliphatic hydroxyl groups excluding tert-OH is 2. The van der Waals surface area contributed by atoms with Gasteiger partial charge in [-0.3, -0.25) is 9.32 Å². The number of rotatable bonds is 9. The standard InChI is InChI=1S/C21H26N5O8P/c1-12(20(29)30)25-35(31,34-13-6-4-3-5-7-13)32-10-15-17(27)18(28)21(2,33-15)16-9-8-14-19(22)23-11-24-26(14)16/h3-9,11-12,15,17-18,27-28H,10H2,1-2H3,(H,25,31)(H,29,30)(H2,22,23,24)/t12-,15+,17+,18+,21-,35?/m0/s1. The van der Waals surface area contributed by atoms with E-state index in [1.165, 1.54) is 29.9 Å². The number of nitrogens with zero attached hydrogens (tertiary/aromatic N) is 3. The molecular formula is C21H26N5O8P. The van der Waals surface area contributed by atoms with Gasteiger partial charge in [0.25, 0.3) is 0 Å². The molecule has 13 nitrogen and oxygen atoms in total. The molecule has 0 radical (unpaired) electrons. The van der Waals surface area contributed by atoms with Crippen molar-refractivity contribution in [3.63, 3.8) is 0 Å². The highest BCUT2D eigenvalue weighted by molar-refractivity contribution is 7.52. The monoisotopic (exact) mass is 507 g/mol. The van der Waals surface area contributed by atoms with Crippen molar-refractivity contribution < 1.29 is 38.5 Å². The Balaban J connectivity index is 1.55. The Morgan fingerprint density at radius 1 is 1.31 bits per heavy atom. The lowest BCUT2D eigenvalue weighted by Gasteiger charge is -2.27. The summed E-state index contributed by atoms with van der Waals surface area (Å²) in [6.07, 6.45) is -2.74.